The number of pyridine rings is 1. The Labute approximate surface area is 143 Å². The number of nitrogen functional groups attached to an aromatic ring is 1. The van der Waals surface area contributed by atoms with E-state index in [0.717, 1.165) is 0 Å². The third-order valence-corrected chi connectivity index (χ3v) is 3.22. The minimum absolute atomic E-state index is 0.0194. The predicted octanol–water partition coefficient (Wildman–Crippen LogP) is 2.02. The quantitative estimate of drug-likeness (QED) is 0.604. The number of carbonyl (C=O) groups is 1. The van der Waals surface area contributed by atoms with Crippen molar-refractivity contribution >= 4 is 23.1 Å². The van der Waals surface area contributed by atoms with Gasteiger partial charge in [0.2, 0.25) is 11.8 Å². The number of amides is 1. The fourth-order valence-corrected chi connectivity index (χ4v) is 2.16. The molecule has 0 fully saturated rings. The van der Waals surface area contributed by atoms with Crippen molar-refractivity contribution in [1.82, 2.24) is 4.98 Å². The van der Waals surface area contributed by atoms with Crippen molar-refractivity contribution in [3.63, 3.8) is 0 Å². The molecule has 0 saturated heterocycles. The Morgan fingerprint density at radius 2 is 2.20 bits per heavy atom. The van der Waals surface area contributed by atoms with Crippen LogP contribution in [-0.4, -0.2) is 22.4 Å². The summed E-state index contributed by atoms with van der Waals surface area (Å²) in [6.45, 7) is 1.99. The van der Waals surface area contributed by atoms with E-state index in [1.807, 2.05) is 6.07 Å². The van der Waals surface area contributed by atoms with Crippen LogP contribution >= 0.6 is 0 Å². The van der Waals surface area contributed by atoms with Crippen LogP contribution in [0.2, 0.25) is 0 Å². The number of benzene rings is 1. The van der Waals surface area contributed by atoms with Crippen molar-refractivity contribution in [2.75, 3.05) is 17.7 Å². The van der Waals surface area contributed by atoms with Gasteiger partial charge in [0.1, 0.15) is 17.5 Å². The summed E-state index contributed by atoms with van der Waals surface area (Å²) in [6.07, 6.45) is -0.206. The molecule has 1 aromatic heterocycles. The molecular weight excluding hydrogens is 326 g/mol. The average Bonchev–Trinajstić information content (AvgIpc) is 2.55. The molecule has 1 amide bonds. The van der Waals surface area contributed by atoms with Crippen molar-refractivity contribution in [1.29, 1.82) is 5.26 Å². The Bertz CT molecular complexity index is 860. The van der Waals surface area contributed by atoms with Gasteiger partial charge in [-0.25, -0.2) is 0 Å². The fourth-order valence-electron chi connectivity index (χ4n) is 2.16. The number of rotatable bonds is 6. The van der Waals surface area contributed by atoms with E-state index in [4.69, 9.17) is 15.7 Å². The predicted molar refractivity (Wildman–Crippen MR) is 90.0 cm³/mol. The third-order valence-electron chi connectivity index (χ3n) is 3.22. The van der Waals surface area contributed by atoms with Crippen LogP contribution in [0.5, 0.6) is 5.88 Å². The number of anilines is 2. The minimum atomic E-state index is -0.548. The molecule has 2 aromatic rings. The number of nitrogens with two attached hydrogens (primary N) is 1. The molecule has 0 atom stereocenters. The number of nitrogens with one attached hydrogen (secondary N) is 1. The number of ether oxygens (including phenoxy) is 1. The van der Waals surface area contributed by atoms with E-state index < -0.39 is 10.8 Å². The Balaban J connectivity index is 2.22. The molecule has 0 aliphatic carbocycles. The highest BCUT2D eigenvalue weighted by Crippen LogP contribution is 2.25. The Kier molecular flexibility index (Phi) is 5.47. The maximum Gasteiger partial charge on any atom is 0.273 e. The van der Waals surface area contributed by atoms with Gasteiger partial charge in [0.15, 0.2) is 0 Å². The standard InChI is InChI=1S/C16H15N5O4/c1-2-25-16-11(9-17)12(18)8-14(20-16)19-15(22)7-10-5-3-4-6-13(10)21(23)24/h3-6,8H,2,7H2,1H3,(H3,18,19,20,22). The lowest BCUT2D eigenvalue weighted by Gasteiger charge is -2.10. The van der Waals surface area contributed by atoms with Crippen molar-refractivity contribution in [3.05, 3.63) is 51.6 Å². The second-order valence-corrected chi connectivity index (χ2v) is 4.93. The summed E-state index contributed by atoms with van der Waals surface area (Å²) in [7, 11) is 0. The van der Waals surface area contributed by atoms with E-state index in [9.17, 15) is 14.9 Å². The highest BCUT2D eigenvalue weighted by atomic mass is 16.6. The molecule has 0 spiro atoms. The van der Waals surface area contributed by atoms with Crippen LogP contribution in [0.3, 0.4) is 0 Å². The molecule has 0 saturated carbocycles. The molecule has 0 bridgehead atoms. The monoisotopic (exact) mass is 341 g/mol. The Hall–Kier alpha value is -3.67. The van der Waals surface area contributed by atoms with Crippen LogP contribution in [0.15, 0.2) is 30.3 Å². The number of nitro groups is 1. The number of nitrogens with zero attached hydrogens (tertiary/aromatic N) is 3. The lowest BCUT2D eigenvalue weighted by atomic mass is 10.1. The molecule has 1 aromatic carbocycles. The van der Waals surface area contributed by atoms with Crippen molar-refractivity contribution in [2.24, 2.45) is 0 Å². The average molecular weight is 341 g/mol. The zero-order valence-electron chi connectivity index (χ0n) is 13.4. The number of nitro benzene ring substituents is 1. The lowest BCUT2D eigenvalue weighted by molar-refractivity contribution is -0.385. The van der Waals surface area contributed by atoms with E-state index in [-0.39, 0.29) is 47.2 Å². The van der Waals surface area contributed by atoms with Crippen LogP contribution in [-0.2, 0) is 11.2 Å². The van der Waals surface area contributed by atoms with Gasteiger partial charge in [-0.1, -0.05) is 18.2 Å². The smallest absolute Gasteiger partial charge is 0.273 e. The number of hydrogen-bond donors (Lipinski definition) is 2. The van der Waals surface area contributed by atoms with E-state index in [0.29, 0.717) is 0 Å². The first-order valence-corrected chi connectivity index (χ1v) is 7.31. The van der Waals surface area contributed by atoms with E-state index >= 15 is 0 Å². The number of carbonyl (C=O) groups excluding carboxylic acids is 1. The van der Waals surface area contributed by atoms with Crippen molar-refractivity contribution < 1.29 is 14.5 Å². The topological polar surface area (TPSA) is 144 Å². The third kappa shape index (κ3) is 4.20. The summed E-state index contributed by atoms with van der Waals surface area (Å²) >= 11 is 0. The molecule has 9 nitrogen and oxygen atoms in total. The molecule has 0 aliphatic rings. The number of aromatic nitrogens is 1. The van der Waals surface area contributed by atoms with Crippen LogP contribution in [0.1, 0.15) is 18.1 Å². The van der Waals surface area contributed by atoms with Gasteiger partial charge >= 0.3 is 0 Å². The Morgan fingerprint density at radius 3 is 2.84 bits per heavy atom. The molecule has 0 unspecified atom stereocenters. The first kappa shape index (κ1) is 17.7. The van der Waals surface area contributed by atoms with Crippen LogP contribution in [0, 0.1) is 21.4 Å². The zero-order chi connectivity index (χ0) is 18.4. The van der Waals surface area contributed by atoms with Crippen LogP contribution in [0.4, 0.5) is 17.2 Å². The number of nitriles is 1. The summed E-state index contributed by atoms with van der Waals surface area (Å²) in [5.74, 6) is -0.386. The van der Waals surface area contributed by atoms with Gasteiger partial charge in [-0.05, 0) is 6.92 Å². The zero-order valence-corrected chi connectivity index (χ0v) is 13.4. The molecule has 1 heterocycles. The van der Waals surface area contributed by atoms with Gasteiger partial charge in [-0.15, -0.1) is 0 Å². The molecule has 0 radical (unpaired) electrons. The number of hydrogen-bond acceptors (Lipinski definition) is 7. The van der Waals surface area contributed by atoms with E-state index in [1.54, 1.807) is 13.0 Å². The van der Waals surface area contributed by atoms with Gasteiger partial charge in [-0.2, -0.15) is 10.2 Å². The maximum atomic E-state index is 12.2. The number of para-hydroxylation sites is 1. The summed E-state index contributed by atoms with van der Waals surface area (Å²) in [5, 5.41) is 22.6. The second-order valence-electron chi connectivity index (χ2n) is 4.93. The summed E-state index contributed by atoms with van der Waals surface area (Å²) in [4.78, 5) is 26.7. The normalized spacial score (nSPS) is 9.92. The van der Waals surface area contributed by atoms with E-state index in [1.165, 1.54) is 24.3 Å². The van der Waals surface area contributed by atoms with Crippen LogP contribution < -0.4 is 15.8 Å². The molecule has 0 aliphatic heterocycles. The SMILES string of the molecule is CCOc1nc(NC(=O)Cc2ccccc2[N+](=O)[O-])cc(N)c1C#N. The molecule has 3 N–H and O–H groups in total. The fraction of sp³-hybridized carbons (Fsp3) is 0.188. The van der Waals surface area contributed by atoms with E-state index in [2.05, 4.69) is 10.3 Å². The molecule has 25 heavy (non-hydrogen) atoms. The first-order valence-electron chi connectivity index (χ1n) is 7.31. The minimum Gasteiger partial charge on any atom is -0.477 e. The molecular formula is C16H15N5O4. The van der Waals surface area contributed by atoms with Gasteiger partial charge in [0.25, 0.3) is 5.69 Å². The highest BCUT2D eigenvalue weighted by molar-refractivity contribution is 5.92. The largest absolute Gasteiger partial charge is 0.477 e. The van der Waals surface area contributed by atoms with Gasteiger partial charge < -0.3 is 15.8 Å². The van der Waals surface area contributed by atoms with Crippen molar-refractivity contribution in [3.8, 4) is 11.9 Å². The van der Waals surface area contributed by atoms with Crippen LogP contribution in [0.25, 0.3) is 0 Å². The lowest BCUT2D eigenvalue weighted by Crippen LogP contribution is -2.17. The first-order chi connectivity index (χ1) is 12.0. The maximum absolute atomic E-state index is 12.2. The van der Waals surface area contributed by atoms with Gasteiger partial charge in [-0.3, -0.25) is 14.9 Å². The second kappa shape index (κ2) is 7.74. The highest BCUT2D eigenvalue weighted by Gasteiger charge is 2.17. The summed E-state index contributed by atoms with van der Waals surface area (Å²) in [6, 6.07) is 9.19. The summed E-state index contributed by atoms with van der Waals surface area (Å²) in [5.41, 5.74) is 6.10. The van der Waals surface area contributed by atoms with Gasteiger partial charge in [0, 0.05) is 17.7 Å². The molecule has 2 rings (SSSR count). The van der Waals surface area contributed by atoms with Crippen molar-refractivity contribution in [2.45, 2.75) is 13.3 Å². The molecule has 128 valence electrons. The molecule has 9 heteroatoms. The van der Waals surface area contributed by atoms with Gasteiger partial charge in [0.05, 0.1) is 23.6 Å². The Morgan fingerprint density at radius 1 is 1.48 bits per heavy atom. The summed E-state index contributed by atoms with van der Waals surface area (Å²) < 4.78 is 5.25.